The summed E-state index contributed by atoms with van der Waals surface area (Å²) in [6, 6.07) is 11.6. The first-order valence-electron chi connectivity index (χ1n) is 7.17. The Hall–Kier alpha value is -2.87. The average Bonchev–Trinajstić information content (AvgIpc) is 3.23. The molecule has 0 unspecified atom stereocenters. The lowest BCUT2D eigenvalue weighted by atomic mass is 10.4. The molecule has 0 amide bonds. The van der Waals surface area contributed by atoms with Gasteiger partial charge in [-0.2, -0.15) is 0 Å². The summed E-state index contributed by atoms with van der Waals surface area (Å²) in [6.07, 6.45) is 4.47. The average molecular weight is 323 g/mol. The molecular weight excluding hydrogens is 310 g/mol. The Balaban J connectivity index is 1.41. The van der Waals surface area contributed by atoms with E-state index in [1.807, 2.05) is 47.0 Å². The molecular formula is C15H13N7S. The minimum atomic E-state index is 0.715. The van der Waals surface area contributed by atoms with E-state index in [0.29, 0.717) is 6.54 Å². The fourth-order valence-corrected chi connectivity index (χ4v) is 2.98. The van der Waals surface area contributed by atoms with Gasteiger partial charge in [0.2, 0.25) is 5.13 Å². The fraction of sp³-hybridized carbons (Fsp3) is 0.133. The van der Waals surface area contributed by atoms with Gasteiger partial charge < -0.3 is 5.32 Å². The lowest BCUT2D eigenvalue weighted by Crippen LogP contribution is -2.07. The summed E-state index contributed by atoms with van der Waals surface area (Å²) in [5, 5.41) is 21.5. The third kappa shape index (κ3) is 2.88. The number of hydrogen-bond donors (Lipinski definition) is 1. The molecule has 0 bridgehead atoms. The van der Waals surface area contributed by atoms with E-state index in [4.69, 9.17) is 0 Å². The van der Waals surface area contributed by atoms with Gasteiger partial charge in [0.15, 0.2) is 10.7 Å². The van der Waals surface area contributed by atoms with Crippen LogP contribution in [-0.4, -0.2) is 36.3 Å². The lowest BCUT2D eigenvalue weighted by Gasteiger charge is -2.01. The van der Waals surface area contributed by atoms with Crippen LogP contribution in [0.15, 0.2) is 48.8 Å². The van der Waals surface area contributed by atoms with Crippen LogP contribution in [0.4, 0.5) is 5.13 Å². The number of aromatic nitrogens is 6. The van der Waals surface area contributed by atoms with Gasteiger partial charge in [-0.15, -0.1) is 20.4 Å². The highest BCUT2D eigenvalue weighted by Gasteiger charge is 2.08. The number of nitrogens with one attached hydrogen (secondary N) is 1. The third-order valence-corrected chi connectivity index (χ3v) is 4.22. The van der Waals surface area contributed by atoms with E-state index < -0.39 is 0 Å². The molecule has 4 heterocycles. The molecule has 114 valence electrons. The topological polar surface area (TPSA) is 80.9 Å². The van der Waals surface area contributed by atoms with E-state index in [9.17, 15) is 0 Å². The third-order valence-electron chi connectivity index (χ3n) is 3.32. The van der Waals surface area contributed by atoms with Crippen molar-refractivity contribution in [1.82, 2.24) is 29.8 Å². The molecule has 0 atom stereocenters. The van der Waals surface area contributed by atoms with Crippen LogP contribution < -0.4 is 5.32 Å². The van der Waals surface area contributed by atoms with E-state index in [0.717, 1.165) is 33.7 Å². The monoisotopic (exact) mass is 323 g/mol. The normalized spacial score (nSPS) is 11.0. The first-order chi connectivity index (χ1) is 11.4. The molecule has 4 aromatic heterocycles. The maximum Gasteiger partial charge on any atom is 0.206 e. The predicted molar refractivity (Wildman–Crippen MR) is 88.3 cm³/mol. The van der Waals surface area contributed by atoms with Crippen molar-refractivity contribution in [2.75, 3.05) is 11.9 Å². The molecule has 4 aromatic rings. The molecule has 0 spiro atoms. The van der Waals surface area contributed by atoms with Crippen molar-refractivity contribution in [3.63, 3.8) is 0 Å². The Morgan fingerprint density at radius 2 is 1.96 bits per heavy atom. The number of hydrogen-bond acceptors (Lipinski definition) is 7. The van der Waals surface area contributed by atoms with Crippen molar-refractivity contribution in [3.05, 3.63) is 54.6 Å². The van der Waals surface area contributed by atoms with Crippen molar-refractivity contribution in [1.29, 1.82) is 0 Å². The van der Waals surface area contributed by atoms with E-state index in [-0.39, 0.29) is 0 Å². The smallest absolute Gasteiger partial charge is 0.206 e. The Labute approximate surface area is 136 Å². The zero-order valence-corrected chi connectivity index (χ0v) is 12.9. The van der Waals surface area contributed by atoms with Crippen molar-refractivity contribution >= 4 is 22.1 Å². The van der Waals surface area contributed by atoms with Crippen molar-refractivity contribution in [2.45, 2.75) is 6.42 Å². The highest BCUT2D eigenvalue weighted by Crippen LogP contribution is 2.24. The number of anilines is 1. The summed E-state index contributed by atoms with van der Waals surface area (Å²) < 4.78 is 1.99. The molecule has 0 saturated carbocycles. The van der Waals surface area contributed by atoms with Gasteiger partial charge in [-0.05, 0) is 24.3 Å². The van der Waals surface area contributed by atoms with E-state index in [1.165, 1.54) is 11.3 Å². The summed E-state index contributed by atoms with van der Waals surface area (Å²) in [5.74, 6) is 0.919. The summed E-state index contributed by atoms with van der Waals surface area (Å²) in [7, 11) is 0. The molecule has 8 heteroatoms. The standard InChI is InChI=1S/C15H13N7S/c1-3-8-16-11(5-1)14-20-21-15(23-14)17-9-7-13-19-18-12-6-2-4-10-22(12)13/h1-6,8,10H,7,9H2,(H,17,21). The SMILES string of the molecule is c1ccc(-c2nnc(NCCc3nnc4ccccn34)s2)nc1. The molecule has 0 aliphatic carbocycles. The van der Waals surface area contributed by atoms with Crippen LogP contribution in [0.1, 0.15) is 5.82 Å². The van der Waals surface area contributed by atoms with Crippen molar-refractivity contribution < 1.29 is 0 Å². The molecule has 0 aliphatic heterocycles. The zero-order valence-electron chi connectivity index (χ0n) is 12.1. The Morgan fingerprint density at radius 1 is 1.00 bits per heavy atom. The number of pyridine rings is 2. The minimum absolute atomic E-state index is 0.715. The van der Waals surface area contributed by atoms with Gasteiger partial charge in [-0.1, -0.05) is 23.5 Å². The van der Waals surface area contributed by atoms with Crippen molar-refractivity contribution in [3.8, 4) is 10.7 Å². The molecule has 1 N–H and O–H groups in total. The van der Waals surface area contributed by atoms with E-state index in [2.05, 4.69) is 30.7 Å². The minimum Gasteiger partial charge on any atom is -0.360 e. The van der Waals surface area contributed by atoms with Crippen LogP contribution in [0.2, 0.25) is 0 Å². The van der Waals surface area contributed by atoms with Crippen molar-refractivity contribution in [2.24, 2.45) is 0 Å². The number of fused-ring (bicyclic) bond motifs is 1. The van der Waals surface area contributed by atoms with Crippen LogP contribution in [0.25, 0.3) is 16.3 Å². The molecule has 23 heavy (non-hydrogen) atoms. The molecule has 0 fully saturated rings. The summed E-state index contributed by atoms with van der Waals surface area (Å²) in [6.45, 7) is 0.715. The lowest BCUT2D eigenvalue weighted by molar-refractivity contribution is 0.868. The van der Waals surface area contributed by atoms with Gasteiger partial charge in [0.25, 0.3) is 0 Å². The van der Waals surface area contributed by atoms with Crippen LogP contribution in [-0.2, 0) is 6.42 Å². The second-order valence-electron chi connectivity index (χ2n) is 4.85. The van der Waals surface area contributed by atoms with Gasteiger partial charge in [0.1, 0.15) is 11.5 Å². The molecule has 7 nitrogen and oxygen atoms in total. The maximum absolute atomic E-state index is 4.28. The van der Waals surface area contributed by atoms with Crippen LogP contribution in [0.3, 0.4) is 0 Å². The first kappa shape index (κ1) is 13.8. The second kappa shape index (κ2) is 6.09. The highest BCUT2D eigenvalue weighted by atomic mass is 32.1. The van der Waals surface area contributed by atoms with Gasteiger partial charge in [-0.3, -0.25) is 9.38 Å². The molecule has 0 aliphatic rings. The van der Waals surface area contributed by atoms with Gasteiger partial charge in [0, 0.05) is 25.4 Å². The Kier molecular flexibility index (Phi) is 3.65. The Bertz CT molecular complexity index is 916. The quantitative estimate of drug-likeness (QED) is 0.607. The van der Waals surface area contributed by atoms with Crippen LogP contribution >= 0.6 is 11.3 Å². The van der Waals surface area contributed by atoms with Gasteiger partial charge in [0.05, 0.1) is 0 Å². The fourth-order valence-electron chi connectivity index (χ4n) is 2.23. The van der Waals surface area contributed by atoms with Crippen LogP contribution in [0.5, 0.6) is 0 Å². The molecule has 4 rings (SSSR count). The summed E-state index contributed by atoms with van der Waals surface area (Å²) >= 11 is 1.49. The zero-order chi connectivity index (χ0) is 15.5. The highest BCUT2D eigenvalue weighted by molar-refractivity contribution is 7.18. The van der Waals surface area contributed by atoms with E-state index >= 15 is 0 Å². The number of rotatable bonds is 5. The second-order valence-corrected chi connectivity index (χ2v) is 5.83. The number of nitrogens with zero attached hydrogens (tertiary/aromatic N) is 6. The van der Waals surface area contributed by atoms with Crippen LogP contribution in [0, 0.1) is 0 Å². The Morgan fingerprint density at radius 3 is 2.87 bits per heavy atom. The van der Waals surface area contributed by atoms with Gasteiger partial charge in [-0.25, -0.2) is 0 Å². The summed E-state index contributed by atoms with van der Waals surface area (Å²) in [4.78, 5) is 4.28. The maximum atomic E-state index is 4.28. The predicted octanol–water partition coefficient (Wildman–Crippen LogP) is 2.30. The van der Waals surface area contributed by atoms with E-state index in [1.54, 1.807) is 6.20 Å². The molecule has 0 saturated heterocycles. The summed E-state index contributed by atoms with van der Waals surface area (Å²) in [5.41, 5.74) is 1.69. The molecule has 0 radical (unpaired) electrons. The molecule has 0 aromatic carbocycles. The largest absolute Gasteiger partial charge is 0.360 e. The first-order valence-corrected chi connectivity index (χ1v) is 7.99. The van der Waals surface area contributed by atoms with Gasteiger partial charge >= 0.3 is 0 Å².